The largest absolute Gasteiger partial charge is 0.459 e. The van der Waals surface area contributed by atoms with Gasteiger partial charge in [-0.1, -0.05) is 55.5 Å². The Morgan fingerprint density at radius 2 is 1.86 bits per heavy atom. The van der Waals surface area contributed by atoms with E-state index in [1.807, 2.05) is 56.3 Å². The Morgan fingerprint density at radius 3 is 2.55 bits per heavy atom. The molecule has 116 valence electrons. The van der Waals surface area contributed by atoms with Crippen molar-refractivity contribution >= 4 is 11.7 Å². The van der Waals surface area contributed by atoms with Crippen molar-refractivity contribution in [1.82, 2.24) is 0 Å². The van der Waals surface area contributed by atoms with Gasteiger partial charge in [0.05, 0.1) is 0 Å². The van der Waals surface area contributed by atoms with Gasteiger partial charge in [-0.15, -0.1) is 0 Å². The third-order valence-electron chi connectivity index (χ3n) is 3.68. The van der Waals surface area contributed by atoms with Crippen molar-refractivity contribution in [2.75, 3.05) is 5.32 Å². The van der Waals surface area contributed by atoms with Crippen LogP contribution in [0.3, 0.4) is 0 Å². The van der Waals surface area contributed by atoms with E-state index in [0.29, 0.717) is 6.61 Å². The van der Waals surface area contributed by atoms with E-state index in [4.69, 9.17) is 4.74 Å². The van der Waals surface area contributed by atoms with Gasteiger partial charge in [0.1, 0.15) is 12.6 Å². The van der Waals surface area contributed by atoms with E-state index in [-0.39, 0.29) is 12.0 Å². The minimum Gasteiger partial charge on any atom is -0.459 e. The lowest BCUT2D eigenvalue weighted by molar-refractivity contribution is -0.145. The normalized spacial score (nSPS) is 11.8. The smallest absolute Gasteiger partial charge is 0.328 e. The molecular weight excluding hydrogens is 274 g/mol. The van der Waals surface area contributed by atoms with Crippen molar-refractivity contribution in [2.45, 2.75) is 39.8 Å². The molecule has 3 nitrogen and oxygen atoms in total. The van der Waals surface area contributed by atoms with Crippen LogP contribution < -0.4 is 5.32 Å². The van der Waals surface area contributed by atoms with Gasteiger partial charge in [-0.2, -0.15) is 0 Å². The van der Waals surface area contributed by atoms with Crippen molar-refractivity contribution in [3.8, 4) is 0 Å². The standard InChI is InChI=1S/C19H23NO2/c1-4-17-12-8-9-14(2)18(17)20-15(3)19(21)22-13-16-10-6-5-7-11-16/h5-12,15,20H,4,13H2,1-3H3/t15-/m0/s1. The lowest BCUT2D eigenvalue weighted by Crippen LogP contribution is -2.28. The summed E-state index contributed by atoms with van der Waals surface area (Å²) in [4.78, 5) is 12.1. The molecule has 0 aliphatic heterocycles. The van der Waals surface area contributed by atoms with E-state index in [1.165, 1.54) is 5.56 Å². The molecule has 1 atom stereocenters. The van der Waals surface area contributed by atoms with Gasteiger partial charge in [0.15, 0.2) is 0 Å². The molecule has 2 aromatic carbocycles. The molecule has 0 radical (unpaired) electrons. The fraction of sp³-hybridized carbons (Fsp3) is 0.316. The molecule has 1 N–H and O–H groups in total. The monoisotopic (exact) mass is 297 g/mol. The number of para-hydroxylation sites is 1. The van der Waals surface area contributed by atoms with Crippen LogP contribution in [0.15, 0.2) is 48.5 Å². The van der Waals surface area contributed by atoms with E-state index >= 15 is 0 Å². The Balaban J connectivity index is 1.97. The number of esters is 1. The quantitative estimate of drug-likeness (QED) is 0.816. The number of rotatable bonds is 6. The maximum absolute atomic E-state index is 12.1. The Labute approximate surface area is 132 Å². The second kappa shape index (κ2) is 7.64. The molecule has 0 fully saturated rings. The molecule has 22 heavy (non-hydrogen) atoms. The first-order chi connectivity index (χ1) is 10.6. The lowest BCUT2D eigenvalue weighted by atomic mass is 10.1. The number of nitrogens with one attached hydrogen (secondary N) is 1. The molecule has 0 unspecified atom stereocenters. The number of benzene rings is 2. The zero-order chi connectivity index (χ0) is 15.9. The number of carbonyl (C=O) groups excluding carboxylic acids is 1. The van der Waals surface area contributed by atoms with Crippen LogP contribution in [0.4, 0.5) is 5.69 Å². The summed E-state index contributed by atoms with van der Waals surface area (Å²) in [6.07, 6.45) is 0.926. The molecule has 0 saturated carbocycles. The zero-order valence-electron chi connectivity index (χ0n) is 13.4. The number of hydrogen-bond acceptors (Lipinski definition) is 3. The van der Waals surface area contributed by atoms with Crippen LogP contribution in [-0.4, -0.2) is 12.0 Å². The fourth-order valence-electron chi connectivity index (χ4n) is 2.36. The van der Waals surface area contributed by atoms with Gasteiger partial charge in [-0.25, -0.2) is 4.79 Å². The van der Waals surface area contributed by atoms with Gasteiger partial charge in [0.2, 0.25) is 0 Å². The lowest BCUT2D eigenvalue weighted by Gasteiger charge is -2.19. The number of aryl methyl sites for hydroxylation is 2. The van der Waals surface area contributed by atoms with Gasteiger partial charge >= 0.3 is 5.97 Å². The Kier molecular flexibility index (Phi) is 5.59. The van der Waals surface area contributed by atoms with E-state index in [2.05, 4.69) is 18.3 Å². The second-order valence-electron chi connectivity index (χ2n) is 5.42. The summed E-state index contributed by atoms with van der Waals surface area (Å²) in [5.74, 6) is -0.242. The highest BCUT2D eigenvalue weighted by Gasteiger charge is 2.16. The molecule has 0 bridgehead atoms. The van der Waals surface area contributed by atoms with Crippen molar-refractivity contribution in [3.05, 3.63) is 65.2 Å². The summed E-state index contributed by atoms with van der Waals surface area (Å²) in [7, 11) is 0. The molecular formula is C19H23NO2. The van der Waals surface area contributed by atoms with Crippen LogP contribution in [0, 0.1) is 6.92 Å². The number of anilines is 1. The first kappa shape index (κ1) is 16.1. The van der Waals surface area contributed by atoms with Crippen LogP contribution in [-0.2, 0) is 22.6 Å². The average Bonchev–Trinajstić information content (AvgIpc) is 2.55. The van der Waals surface area contributed by atoms with E-state index in [9.17, 15) is 4.79 Å². The highest BCUT2D eigenvalue weighted by molar-refractivity contribution is 5.79. The predicted molar refractivity (Wildman–Crippen MR) is 89.9 cm³/mol. The topological polar surface area (TPSA) is 38.3 Å². The van der Waals surface area contributed by atoms with Crippen LogP contribution in [0.25, 0.3) is 0 Å². The SMILES string of the molecule is CCc1cccc(C)c1N[C@@H](C)C(=O)OCc1ccccc1. The summed E-state index contributed by atoms with van der Waals surface area (Å²) < 4.78 is 5.37. The van der Waals surface area contributed by atoms with Crippen LogP contribution in [0.5, 0.6) is 0 Å². The molecule has 0 saturated heterocycles. The van der Waals surface area contributed by atoms with Crippen LogP contribution >= 0.6 is 0 Å². The zero-order valence-corrected chi connectivity index (χ0v) is 13.4. The van der Waals surface area contributed by atoms with E-state index < -0.39 is 0 Å². The van der Waals surface area contributed by atoms with Gasteiger partial charge in [0, 0.05) is 5.69 Å². The molecule has 3 heteroatoms. The molecule has 0 spiro atoms. The molecule has 0 aromatic heterocycles. The maximum atomic E-state index is 12.1. The van der Waals surface area contributed by atoms with Crippen LogP contribution in [0.1, 0.15) is 30.5 Å². The molecule has 2 aromatic rings. The van der Waals surface area contributed by atoms with E-state index in [0.717, 1.165) is 23.2 Å². The van der Waals surface area contributed by atoms with Crippen molar-refractivity contribution in [2.24, 2.45) is 0 Å². The Morgan fingerprint density at radius 1 is 1.14 bits per heavy atom. The highest BCUT2D eigenvalue weighted by Crippen LogP contribution is 2.22. The van der Waals surface area contributed by atoms with Crippen molar-refractivity contribution in [3.63, 3.8) is 0 Å². The highest BCUT2D eigenvalue weighted by atomic mass is 16.5. The minimum atomic E-state index is -0.380. The molecule has 2 rings (SSSR count). The maximum Gasteiger partial charge on any atom is 0.328 e. The molecule has 0 aliphatic rings. The van der Waals surface area contributed by atoms with Gasteiger partial charge < -0.3 is 10.1 Å². The third kappa shape index (κ3) is 4.10. The molecule has 0 aliphatic carbocycles. The minimum absolute atomic E-state index is 0.242. The first-order valence-corrected chi connectivity index (χ1v) is 7.67. The predicted octanol–water partition coefficient (Wildman–Crippen LogP) is 4.10. The average molecular weight is 297 g/mol. The number of carbonyl (C=O) groups is 1. The van der Waals surface area contributed by atoms with Crippen molar-refractivity contribution < 1.29 is 9.53 Å². The summed E-state index contributed by atoms with van der Waals surface area (Å²) in [5, 5.41) is 3.29. The van der Waals surface area contributed by atoms with Crippen molar-refractivity contribution in [1.29, 1.82) is 0 Å². The Hall–Kier alpha value is -2.29. The van der Waals surface area contributed by atoms with E-state index in [1.54, 1.807) is 0 Å². The summed E-state index contributed by atoms with van der Waals surface area (Å²) >= 11 is 0. The summed E-state index contributed by atoms with van der Waals surface area (Å²) in [6, 6.07) is 15.5. The second-order valence-corrected chi connectivity index (χ2v) is 5.42. The van der Waals surface area contributed by atoms with Gasteiger partial charge in [-0.05, 0) is 37.0 Å². The summed E-state index contributed by atoms with van der Waals surface area (Å²) in [6.45, 7) is 6.29. The Bertz CT molecular complexity index is 623. The van der Waals surface area contributed by atoms with Gasteiger partial charge in [-0.3, -0.25) is 0 Å². The third-order valence-corrected chi connectivity index (χ3v) is 3.68. The fourth-order valence-corrected chi connectivity index (χ4v) is 2.36. The molecule has 0 amide bonds. The summed E-state index contributed by atoms with van der Waals surface area (Å²) in [5.41, 5.74) is 4.38. The molecule has 0 heterocycles. The first-order valence-electron chi connectivity index (χ1n) is 7.67. The number of hydrogen-bond donors (Lipinski definition) is 1. The number of ether oxygens (including phenoxy) is 1. The van der Waals surface area contributed by atoms with Crippen LogP contribution in [0.2, 0.25) is 0 Å². The van der Waals surface area contributed by atoms with Gasteiger partial charge in [0.25, 0.3) is 0 Å².